The van der Waals surface area contributed by atoms with E-state index in [1.54, 1.807) is 7.11 Å². The molecule has 0 saturated carbocycles. The largest absolute Gasteiger partial charge is 0.494 e. The number of likely N-dealkylation sites (N-methyl/N-ethyl adjacent to an activating group) is 1. The van der Waals surface area contributed by atoms with E-state index >= 15 is 0 Å². The van der Waals surface area contributed by atoms with E-state index in [9.17, 15) is 0 Å². The fraction of sp³-hybridized carbons (Fsp3) is 0.500. The van der Waals surface area contributed by atoms with Crippen LogP contribution in [0.15, 0.2) is 23.2 Å². The van der Waals surface area contributed by atoms with E-state index in [4.69, 9.17) is 4.74 Å². The third-order valence-corrected chi connectivity index (χ3v) is 5.03. The summed E-state index contributed by atoms with van der Waals surface area (Å²) in [6.45, 7) is 7.53. The summed E-state index contributed by atoms with van der Waals surface area (Å²) in [5, 5.41) is 12.1. The van der Waals surface area contributed by atoms with Crippen LogP contribution >= 0.6 is 0 Å². The molecule has 0 atom stereocenters. The van der Waals surface area contributed by atoms with Gasteiger partial charge in [0.2, 0.25) is 11.9 Å². The number of hydrogen-bond acceptors (Lipinski definition) is 9. The number of aliphatic imine (C=N–C) groups is 1. The minimum atomic E-state index is 0.517. The van der Waals surface area contributed by atoms with Crippen molar-refractivity contribution in [3.8, 4) is 5.75 Å². The van der Waals surface area contributed by atoms with Gasteiger partial charge in [-0.2, -0.15) is 0 Å². The number of hydrogen-bond donors (Lipinski definition) is 2. The minimum absolute atomic E-state index is 0.517. The predicted octanol–water partition coefficient (Wildman–Crippen LogP) is 0.697. The number of para-hydroxylation sites is 1. The average molecular weight is 370 g/mol. The number of aryl methyl sites for hydroxylation is 1. The maximum atomic E-state index is 5.44. The summed E-state index contributed by atoms with van der Waals surface area (Å²) in [6, 6.07) is 5.86. The number of hydrazine groups is 1. The molecule has 0 bridgehead atoms. The number of anilines is 1. The molecule has 2 aromatic rings. The summed E-state index contributed by atoms with van der Waals surface area (Å²) < 4.78 is 5.44. The second-order valence-corrected chi connectivity index (χ2v) is 6.86. The van der Waals surface area contributed by atoms with E-state index in [1.807, 2.05) is 25.1 Å². The first-order valence-electron chi connectivity index (χ1n) is 9.19. The number of guanidine groups is 1. The molecule has 9 heteroatoms. The van der Waals surface area contributed by atoms with Crippen molar-refractivity contribution < 1.29 is 4.74 Å². The molecule has 0 amide bonds. The predicted molar refractivity (Wildman–Crippen MR) is 106 cm³/mol. The Balaban J connectivity index is 1.47. The molecule has 2 N–H and O–H groups in total. The molecule has 0 aliphatic carbocycles. The highest BCUT2D eigenvalue weighted by Crippen LogP contribution is 2.26. The van der Waals surface area contributed by atoms with E-state index in [0.29, 0.717) is 25.2 Å². The van der Waals surface area contributed by atoms with Crippen molar-refractivity contribution in [3.05, 3.63) is 23.9 Å². The highest BCUT2D eigenvalue weighted by atomic mass is 16.5. The van der Waals surface area contributed by atoms with Gasteiger partial charge in [0.1, 0.15) is 17.9 Å². The molecule has 1 saturated heterocycles. The second-order valence-electron chi connectivity index (χ2n) is 6.86. The molecule has 4 rings (SSSR count). The maximum Gasteiger partial charge on any atom is 0.230 e. The van der Waals surface area contributed by atoms with Gasteiger partial charge in [-0.15, -0.1) is 0 Å². The summed E-state index contributed by atoms with van der Waals surface area (Å²) in [6.07, 6.45) is 0. The van der Waals surface area contributed by atoms with Crippen LogP contribution in [0.25, 0.3) is 10.9 Å². The Morgan fingerprint density at radius 2 is 1.93 bits per heavy atom. The third kappa shape index (κ3) is 3.80. The summed E-state index contributed by atoms with van der Waals surface area (Å²) in [4.78, 5) is 16.1. The second kappa shape index (κ2) is 7.63. The summed E-state index contributed by atoms with van der Waals surface area (Å²) in [5.41, 5.74) is 1.70. The van der Waals surface area contributed by atoms with Gasteiger partial charge < -0.3 is 15.0 Å². The zero-order chi connectivity index (χ0) is 18.8. The van der Waals surface area contributed by atoms with E-state index in [2.05, 4.69) is 47.6 Å². The normalized spacial score (nSPS) is 19.6. The number of nitrogens with zero attached hydrogens (tertiary/aromatic N) is 6. The van der Waals surface area contributed by atoms with Crippen LogP contribution in [0.3, 0.4) is 0 Å². The Kier molecular flexibility index (Phi) is 5.06. The quantitative estimate of drug-likeness (QED) is 0.817. The number of aromatic nitrogens is 2. The van der Waals surface area contributed by atoms with Gasteiger partial charge in [-0.3, -0.25) is 5.32 Å². The van der Waals surface area contributed by atoms with Crippen LogP contribution in [0.4, 0.5) is 5.95 Å². The molecule has 1 fully saturated rings. The Morgan fingerprint density at radius 3 is 2.63 bits per heavy atom. The fourth-order valence-corrected chi connectivity index (χ4v) is 3.38. The molecule has 1 aromatic heterocycles. The molecule has 144 valence electrons. The van der Waals surface area contributed by atoms with Gasteiger partial charge in [0.05, 0.1) is 19.5 Å². The summed E-state index contributed by atoms with van der Waals surface area (Å²) in [5.74, 6) is 1.94. The van der Waals surface area contributed by atoms with Gasteiger partial charge in [-0.1, -0.05) is 12.1 Å². The molecule has 0 unspecified atom stereocenters. The number of rotatable bonds is 3. The van der Waals surface area contributed by atoms with Gasteiger partial charge in [-0.05, 0) is 20.0 Å². The van der Waals surface area contributed by atoms with Crippen molar-refractivity contribution in [3.63, 3.8) is 0 Å². The first kappa shape index (κ1) is 17.9. The monoisotopic (exact) mass is 370 g/mol. The Morgan fingerprint density at radius 1 is 1.11 bits per heavy atom. The summed E-state index contributed by atoms with van der Waals surface area (Å²) >= 11 is 0. The number of nitrogens with one attached hydrogen (secondary N) is 2. The lowest BCUT2D eigenvalue weighted by molar-refractivity contribution is -0.0567. The Labute approximate surface area is 159 Å². The highest BCUT2D eigenvalue weighted by molar-refractivity contribution is 5.94. The minimum Gasteiger partial charge on any atom is -0.494 e. The smallest absolute Gasteiger partial charge is 0.230 e. The SMILES string of the molecule is COc1cccc2c(C)nc(NC3=NCN(N4CCN(C)CC4)CN3)nc12. The third-order valence-electron chi connectivity index (χ3n) is 5.03. The molecule has 2 aliphatic heterocycles. The molecular weight excluding hydrogens is 344 g/mol. The fourth-order valence-electron chi connectivity index (χ4n) is 3.38. The Bertz CT molecular complexity index is 847. The van der Waals surface area contributed by atoms with Gasteiger partial charge >= 0.3 is 0 Å². The molecule has 0 spiro atoms. The van der Waals surface area contributed by atoms with Crippen LogP contribution in [0.2, 0.25) is 0 Å². The van der Waals surface area contributed by atoms with Gasteiger partial charge in [0, 0.05) is 31.6 Å². The van der Waals surface area contributed by atoms with Gasteiger partial charge in [-0.25, -0.2) is 25.0 Å². The first-order valence-corrected chi connectivity index (χ1v) is 9.19. The van der Waals surface area contributed by atoms with Gasteiger partial charge in [0.15, 0.2) is 0 Å². The average Bonchev–Trinajstić information content (AvgIpc) is 2.69. The van der Waals surface area contributed by atoms with Crippen molar-refractivity contribution >= 4 is 22.8 Å². The number of benzene rings is 1. The zero-order valence-corrected chi connectivity index (χ0v) is 16.1. The molecule has 1 aromatic carbocycles. The van der Waals surface area contributed by atoms with E-state index in [-0.39, 0.29) is 0 Å². The molecule has 0 radical (unpaired) electrons. The van der Waals surface area contributed by atoms with Crippen LogP contribution in [-0.4, -0.2) is 84.5 Å². The number of methoxy groups -OCH3 is 1. The van der Waals surface area contributed by atoms with Crippen LogP contribution in [0.1, 0.15) is 5.69 Å². The first-order chi connectivity index (χ1) is 13.1. The summed E-state index contributed by atoms with van der Waals surface area (Å²) in [7, 11) is 3.81. The molecular formula is C18H26N8O. The van der Waals surface area contributed by atoms with Crippen molar-refractivity contribution in [2.24, 2.45) is 4.99 Å². The lowest BCUT2D eigenvalue weighted by Gasteiger charge is -2.40. The Hall–Kier alpha value is -2.49. The highest BCUT2D eigenvalue weighted by Gasteiger charge is 2.22. The standard InChI is InChI=1S/C18H26N8O/c1-13-14-5-4-6-15(27-3)16(14)22-18(21-13)23-17-19-11-26(12-20-17)25-9-7-24(2)8-10-25/h4-6H,7-12H2,1-3H3,(H2,19,20,21,22,23). The molecule has 9 nitrogen and oxygen atoms in total. The molecule has 3 heterocycles. The van der Waals surface area contributed by atoms with E-state index in [0.717, 1.165) is 48.5 Å². The van der Waals surface area contributed by atoms with Crippen LogP contribution in [-0.2, 0) is 0 Å². The number of piperazine rings is 1. The lowest BCUT2D eigenvalue weighted by atomic mass is 10.2. The maximum absolute atomic E-state index is 5.44. The van der Waals surface area contributed by atoms with Gasteiger partial charge in [0.25, 0.3) is 0 Å². The van der Waals surface area contributed by atoms with Crippen molar-refractivity contribution in [1.29, 1.82) is 0 Å². The lowest BCUT2D eigenvalue weighted by Crippen LogP contribution is -2.58. The topological polar surface area (TPSA) is 81.2 Å². The van der Waals surface area contributed by atoms with Crippen molar-refractivity contribution in [2.75, 3.05) is 59.0 Å². The number of ether oxygens (including phenoxy) is 1. The van der Waals surface area contributed by atoms with Crippen molar-refractivity contribution in [1.82, 2.24) is 30.2 Å². The van der Waals surface area contributed by atoms with Crippen LogP contribution in [0, 0.1) is 6.92 Å². The van der Waals surface area contributed by atoms with Crippen molar-refractivity contribution in [2.45, 2.75) is 6.92 Å². The van der Waals surface area contributed by atoms with E-state index in [1.165, 1.54) is 0 Å². The molecule has 27 heavy (non-hydrogen) atoms. The van der Waals surface area contributed by atoms with E-state index < -0.39 is 0 Å². The van der Waals surface area contributed by atoms with Crippen LogP contribution in [0.5, 0.6) is 5.75 Å². The zero-order valence-electron chi connectivity index (χ0n) is 16.1. The number of fused-ring (bicyclic) bond motifs is 1. The van der Waals surface area contributed by atoms with Crippen LogP contribution < -0.4 is 15.4 Å². The molecule has 2 aliphatic rings.